The lowest BCUT2D eigenvalue weighted by Crippen LogP contribution is -2.34. The average molecular weight is 256 g/mol. The van der Waals surface area contributed by atoms with Gasteiger partial charge >= 0.3 is 0 Å². The number of hydrogen-bond donors (Lipinski definition) is 1. The third-order valence-electron chi connectivity index (χ3n) is 3.70. The number of carbonyl (C=O) groups is 1. The van der Waals surface area contributed by atoms with E-state index in [1.54, 1.807) is 0 Å². The van der Waals surface area contributed by atoms with E-state index < -0.39 is 0 Å². The number of benzene rings is 1. The Balaban J connectivity index is 2.32. The van der Waals surface area contributed by atoms with Crippen LogP contribution in [0.2, 0.25) is 0 Å². The molecule has 0 saturated carbocycles. The normalized spacial score (nSPS) is 18.1. The number of amides is 1. The summed E-state index contributed by atoms with van der Waals surface area (Å²) in [6.07, 6.45) is 2.19. The lowest BCUT2D eigenvalue weighted by Gasteiger charge is -2.22. The third kappa shape index (κ3) is 2.80. The van der Waals surface area contributed by atoms with Crippen LogP contribution < -0.4 is 5.73 Å². The predicted molar refractivity (Wildman–Crippen MR) is 76.8 cm³/mol. The molecule has 1 amide bonds. The Labute approximate surface area is 114 Å². The molecule has 0 aliphatic carbocycles. The van der Waals surface area contributed by atoms with Crippen LogP contribution in [0.5, 0.6) is 0 Å². The van der Waals surface area contributed by atoms with Gasteiger partial charge in [-0.15, -0.1) is 0 Å². The molecule has 1 fully saturated rings. The number of hydrogen-bond acceptors (Lipinski definition) is 2. The summed E-state index contributed by atoms with van der Waals surface area (Å²) in [4.78, 5) is 14.5. The zero-order valence-corrected chi connectivity index (χ0v) is 11.6. The van der Waals surface area contributed by atoms with E-state index in [2.05, 4.69) is 18.8 Å². The van der Waals surface area contributed by atoms with Crippen molar-refractivity contribution < 1.29 is 4.79 Å². The lowest BCUT2D eigenvalue weighted by atomic mass is 10.0. The van der Waals surface area contributed by atoms with Gasteiger partial charge in [0.2, 0.25) is 0 Å². The van der Waals surface area contributed by atoms with Crippen LogP contribution in [0, 0.1) is 18.8 Å². The molecule has 1 heterocycles. The lowest BCUT2D eigenvalue weighted by molar-refractivity contribution is 0.0746. The fourth-order valence-corrected chi connectivity index (χ4v) is 2.54. The molecule has 3 heteroatoms. The largest absolute Gasteiger partial charge is 0.336 e. The fraction of sp³-hybridized carbons (Fsp3) is 0.438. The summed E-state index contributed by atoms with van der Waals surface area (Å²) in [6.45, 7) is 5.26. The van der Waals surface area contributed by atoms with Crippen molar-refractivity contribution in [3.05, 3.63) is 34.9 Å². The van der Waals surface area contributed by atoms with E-state index in [0.717, 1.165) is 36.1 Å². The van der Waals surface area contributed by atoms with Gasteiger partial charge in [0.15, 0.2) is 0 Å². The Kier molecular flexibility index (Phi) is 4.24. The van der Waals surface area contributed by atoms with E-state index in [1.807, 2.05) is 30.0 Å². The van der Waals surface area contributed by atoms with Gasteiger partial charge in [-0.2, -0.15) is 0 Å². The molecule has 1 saturated heterocycles. The first-order valence-corrected chi connectivity index (χ1v) is 6.74. The van der Waals surface area contributed by atoms with Gasteiger partial charge in [0.05, 0.1) is 6.54 Å². The first-order chi connectivity index (χ1) is 9.15. The molecule has 2 rings (SSSR count). The summed E-state index contributed by atoms with van der Waals surface area (Å²) in [5.41, 5.74) is 8.00. The molecule has 3 nitrogen and oxygen atoms in total. The highest BCUT2D eigenvalue weighted by Gasteiger charge is 2.26. The molecule has 1 aliphatic heterocycles. The molecule has 0 aromatic heterocycles. The predicted octanol–water partition coefficient (Wildman–Crippen LogP) is 1.93. The van der Waals surface area contributed by atoms with Crippen molar-refractivity contribution in [1.82, 2.24) is 4.90 Å². The van der Waals surface area contributed by atoms with Gasteiger partial charge in [-0.3, -0.25) is 4.79 Å². The van der Waals surface area contributed by atoms with Gasteiger partial charge in [-0.05, 0) is 44.4 Å². The summed E-state index contributed by atoms with van der Waals surface area (Å²) in [6, 6.07) is 6.05. The van der Waals surface area contributed by atoms with Crippen molar-refractivity contribution in [3.63, 3.8) is 0 Å². The first-order valence-electron chi connectivity index (χ1n) is 6.74. The minimum atomic E-state index is 0.124. The van der Waals surface area contributed by atoms with Gasteiger partial charge in [0.25, 0.3) is 5.91 Å². The maximum Gasteiger partial charge on any atom is 0.254 e. The molecule has 0 radical (unpaired) electrons. The van der Waals surface area contributed by atoms with Crippen LogP contribution in [-0.2, 0) is 0 Å². The second kappa shape index (κ2) is 5.90. The molecule has 2 N–H and O–H groups in total. The van der Waals surface area contributed by atoms with Crippen molar-refractivity contribution in [2.45, 2.75) is 32.7 Å². The van der Waals surface area contributed by atoms with Crippen molar-refractivity contribution >= 4 is 5.91 Å². The number of nitrogens with two attached hydrogens (primary N) is 1. The number of rotatable bonds is 1. The minimum Gasteiger partial charge on any atom is -0.336 e. The highest BCUT2D eigenvalue weighted by atomic mass is 16.2. The summed E-state index contributed by atoms with van der Waals surface area (Å²) < 4.78 is 0. The van der Waals surface area contributed by atoms with E-state index in [4.69, 9.17) is 5.73 Å². The maximum absolute atomic E-state index is 12.6. The van der Waals surface area contributed by atoms with Crippen molar-refractivity contribution in [2.24, 2.45) is 5.73 Å². The standard InChI is InChI=1S/C16H20N2O/c1-12-6-5-11-18(12)16(19)15-9-3-7-14(13(15)2)8-4-10-17/h3,7,9,12H,5-6,10-11,17H2,1-2H3. The summed E-state index contributed by atoms with van der Waals surface area (Å²) in [7, 11) is 0. The fourth-order valence-electron chi connectivity index (χ4n) is 2.54. The van der Waals surface area contributed by atoms with Gasteiger partial charge in [0.1, 0.15) is 0 Å². The van der Waals surface area contributed by atoms with Crippen LogP contribution in [-0.4, -0.2) is 29.9 Å². The molecule has 1 aromatic rings. The third-order valence-corrected chi connectivity index (χ3v) is 3.70. The van der Waals surface area contributed by atoms with E-state index in [-0.39, 0.29) is 5.91 Å². The van der Waals surface area contributed by atoms with Crippen LogP contribution in [0.15, 0.2) is 18.2 Å². The molecule has 1 aliphatic rings. The van der Waals surface area contributed by atoms with E-state index in [0.29, 0.717) is 12.6 Å². The van der Waals surface area contributed by atoms with Gasteiger partial charge in [-0.25, -0.2) is 0 Å². The minimum absolute atomic E-state index is 0.124. The Hall–Kier alpha value is -1.79. The van der Waals surface area contributed by atoms with Crippen LogP contribution in [0.3, 0.4) is 0 Å². The van der Waals surface area contributed by atoms with E-state index >= 15 is 0 Å². The number of likely N-dealkylation sites (tertiary alicyclic amines) is 1. The Morgan fingerprint density at radius 3 is 2.95 bits per heavy atom. The first kappa shape index (κ1) is 13.6. The average Bonchev–Trinajstić information content (AvgIpc) is 2.83. The molecular weight excluding hydrogens is 236 g/mol. The number of nitrogens with zero attached hydrogens (tertiary/aromatic N) is 1. The second-order valence-corrected chi connectivity index (χ2v) is 4.97. The molecule has 1 aromatic carbocycles. The molecule has 0 bridgehead atoms. The van der Waals surface area contributed by atoms with Crippen LogP contribution >= 0.6 is 0 Å². The zero-order valence-electron chi connectivity index (χ0n) is 11.6. The van der Waals surface area contributed by atoms with Gasteiger partial charge in [0, 0.05) is 23.7 Å². The molecule has 19 heavy (non-hydrogen) atoms. The van der Waals surface area contributed by atoms with Crippen molar-refractivity contribution in [1.29, 1.82) is 0 Å². The smallest absolute Gasteiger partial charge is 0.254 e. The molecule has 1 unspecified atom stereocenters. The maximum atomic E-state index is 12.6. The number of carbonyl (C=O) groups excluding carboxylic acids is 1. The Morgan fingerprint density at radius 2 is 2.32 bits per heavy atom. The van der Waals surface area contributed by atoms with Gasteiger partial charge < -0.3 is 10.6 Å². The summed E-state index contributed by atoms with van der Waals surface area (Å²) in [5, 5.41) is 0. The van der Waals surface area contributed by atoms with Crippen LogP contribution in [0.25, 0.3) is 0 Å². The zero-order chi connectivity index (χ0) is 13.8. The topological polar surface area (TPSA) is 46.3 Å². The highest BCUT2D eigenvalue weighted by Crippen LogP contribution is 2.22. The van der Waals surface area contributed by atoms with Crippen molar-refractivity contribution in [3.8, 4) is 11.8 Å². The monoisotopic (exact) mass is 256 g/mol. The summed E-state index contributed by atoms with van der Waals surface area (Å²) in [5.74, 6) is 5.99. The molecule has 100 valence electrons. The highest BCUT2D eigenvalue weighted by molar-refractivity contribution is 5.96. The Morgan fingerprint density at radius 1 is 1.53 bits per heavy atom. The van der Waals surface area contributed by atoms with Gasteiger partial charge in [-0.1, -0.05) is 17.9 Å². The molecule has 1 atom stereocenters. The summed E-state index contributed by atoms with van der Waals surface area (Å²) >= 11 is 0. The van der Waals surface area contributed by atoms with Crippen LogP contribution in [0.1, 0.15) is 41.3 Å². The quantitative estimate of drug-likeness (QED) is 0.780. The van der Waals surface area contributed by atoms with Crippen molar-refractivity contribution in [2.75, 3.05) is 13.1 Å². The van der Waals surface area contributed by atoms with E-state index in [1.165, 1.54) is 0 Å². The molecule has 0 spiro atoms. The molecular formula is C16H20N2O. The SMILES string of the molecule is Cc1c(C#CCN)cccc1C(=O)N1CCCC1C. The van der Waals surface area contributed by atoms with Crippen LogP contribution in [0.4, 0.5) is 0 Å². The van der Waals surface area contributed by atoms with E-state index in [9.17, 15) is 4.79 Å². The second-order valence-electron chi connectivity index (χ2n) is 4.97. The Bertz CT molecular complexity index is 539.